The topological polar surface area (TPSA) is 71.1 Å². The van der Waals surface area contributed by atoms with E-state index in [1.807, 2.05) is 27.7 Å². The molecule has 1 aliphatic rings. The zero-order valence-corrected chi connectivity index (χ0v) is 16.3. The van der Waals surface area contributed by atoms with E-state index in [1.165, 1.54) is 0 Å². The normalized spacial score (nSPS) is 17.2. The zero-order valence-electron chi connectivity index (χ0n) is 16.3. The molecular weight excluding hydrogens is 336 g/mol. The van der Waals surface area contributed by atoms with Gasteiger partial charge in [0.1, 0.15) is 11.5 Å². The summed E-state index contributed by atoms with van der Waals surface area (Å²) in [5.41, 5.74) is -0.777. The molecule has 1 aliphatic heterocycles. The van der Waals surface area contributed by atoms with Gasteiger partial charge in [0.15, 0.2) is 5.41 Å². The minimum atomic E-state index is -1.23. The van der Waals surface area contributed by atoms with Crippen molar-refractivity contribution in [1.82, 2.24) is 0 Å². The van der Waals surface area contributed by atoms with Crippen molar-refractivity contribution in [2.75, 3.05) is 0 Å². The van der Waals surface area contributed by atoms with E-state index in [9.17, 15) is 9.59 Å². The number of carbonyl (C=O) groups is 2. The average Bonchev–Trinajstić information content (AvgIpc) is 2.56. The molecule has 2 rings (SSSR count). The Hall–Kier alpha value is -2.24. The Balaban J connectivity index is 2.39. The number of rotatable bonds is 7. The average molecular weight is 364 g/mol. The van der Waals surface area contributed by atoms with Crippen LogP contribution in [0, 0.1) is 5.41 Å². The summed E-state index contributed by atoms with van der Waals surface area (Å²) in [4.78, 5) is 25.1. The van der Waals surface area contributed by atoms with Crippen LogP contribution in [0.15, 0.2) is 18.2 Å². The molecule has 0 spiro atoms. The van der Waals surface area contributed by atoms with Crippen molar-refractivity contribution in [2.24, 2.45) is 5.41 Å². The molecule has 1 heterocycles. The molecule has 1 fully saturated rings. The predicted molar refractivity (Wildman–Crippen MR) is 95.9 cm³/mol. The van der Waals surface area contributed by atoms with E-state index in [4.69, 9.17) is 18.9 Å². The lowest BCUT2D eigenvalue weighted by atomic mass is 9.82. The van der Waals surface area contributed by atoms with Crippen LogP contribution < -0.4 is 9.47 Å². The Bertz CT molecular complexity index is 640. The molecule has 1 aromatic rings. The van der Waals surface area contributed by atoms with E-state index in [0.29, 0.717) is 29.9 Å². The molecular formula is C20H28O6. The first kappa shape index (κ1) is 20.1. The Morgan fingerprint density at radius 1 is 0.962 bits per heavy atom. The van der Waals surface area contributed by atoms with Gasteiger partial charge in [-0.15, -0.1) is 0 Å². The minimum absolute atomic E-state index is 0.0241. The summed E-state index contributed by atoms with van der Waals surface area (Å²) in [7, 11) is 0. The maximum atomic E-state index is 12.6. The molecule has 0 bridgehead atoms. The van der Waals surface area contributed by atoms with E-state index in [-0.39, 0.29) is 12.2 Å². The summed E-state index contributed by atoms with van der Waals surface area (Å²) in [5, 5.41) is 0. The van der Waals surface area contributed by atoms with Crippen LogP contribution in [0.3, 0.4) is 0 Å². The van der Waals surface area contributed by atoms with Gasteiger partial charge in [0, 0.05) is 0 Å². The summed E-state index contributed by atoms with van der Waals surface area (Å²) in [5.74, 6) is -0.0490. The van der Waals surface area contributed by atoms with E-state index in [1.54, 1.807) is 32.0 Å². The fourth-order valence-electron chi connectivity index (χ4n) is 2.90. The van der Waals surface area contributed by atoms with Crippen LogP contribution in [-0.2, 0) is 19.1 Å². The molecule has 0 N–H and O–H groups in total. The maximum Gasteiger partial charge on any atom is 0.326 e. The first-order valence-electron chi connectivity index (χ1n) is 9.12. The number of hydrogen-bond acceptors (Lipinski definition) is 6. The molecule has 0 amide bonds. The van der Waals surface area contributed by atoms with Gasteiger partial charge >= 0.3 is 11.9 Å². The van der Waals surface area contributed by atoms with Gasteiger partial charge in [0.25, 0.3) is 6.29 Å². The second-order valence-corrected chi connectivity index (χ2v) is 6.96. The van der Waals surface area contributed by atoms with E-state index < -0.39 is 23.6 Å². The third-order valence-electron chi connectivity index (χ3n) is 4.39. The van der Waals surface area contributed by atoms with Crippen molar-refractivity contribution in [2.45, 2.75) is 72.9 Å². The van der Waals surface area contributed by atoms with E-state index in [0.717, 1.165) is 0 Å². The van der Waals surface area contributed by atoms with Crippen molar-refractivity contribution in [3.63, 3.8) is 0 Å². The highest BCUT2D eigenvalue weighted by Gasteiger charge is 2.52. The molecule has 1 saturated heterocycles. The van der Waals surface area contributed by atoms with Gasteiger partial charge in [-0.1, -0.05) is 13.8 Å². The van der Waals surface area contributed by atoms with Gasteiger partial charge in [-0.3, -0.25) is 9.59 Å². The highest BCUT2D eigenvalue weighted by Crippen LogP contribution is 2.42. The van der Waals surface area contributed by atoms with E-state index in [2.05, 4.69) is 0 Å². The third-order valence-corrected chi connectivity index (χ3v) is 4.39. The van der Waals surface area contributed by atoms with Crippen molar-refractivity contribution >= 4 is 11.9 Å². The Kier molecular flexibility index (Phi) is 6.16. The molecule has 6 heteroatoms. The number of benzene rings is 1. The Labute approximate surface area is 154 Å². The van der Waals surface area contributed by atoms with Crippen LogP contribution in [0.1, 0.15) is 66.2 Å². The molecule has 0 unspecified atom stereocenters. The van der Waals surface area contributed by atoms with Crippen LogP contribution in [0.5, 0.6) is 11.5 Å². The number of esters is 2. The zero-order chi connectivity index (χ0) is 19.5. The van der Waals surface area contributed by atoms with Crippen LogP contribution in [-0.4, -0.2) is 24.1 Å². The molecule has 144 valence electrons. The van der Waals surface area contributed by atoms with Crippen molar-refractivity contribution < 1.29 is 28.5 Å². The fraction of sp³-hybridized carbons (Fsp3) is 0.600. The number of carbonyl (C=O) groups excluding carboxylic acids is 2. The molecule has 0 atom stereocenters. The molecule has 0 aromatic heterocycles. The van der Waals surface area contributed by atoms with Gasteiger partial charge in [0.2, 0.25) is 0 Å². The lowest BCUT2D eigenvalue weighted by Gasteiger charge is -2.35. The second-order valence-electron chi connectivity index (χ2n) is 6.96. The van der Waals surface area contributed by atoms with Crippen molar-refractivity contribution in [3.8, 4) is 11.5 Å². The summed E-state index contributed by atoms with van der Waals surface area (Å²) in [6.45, 7) is 11.2. The predicted octanol–water partition coefficient (Wildman–Crippen LogP) is 4.17. The molecule has 0 aliphatic carbocycles. The van der Waals surface area contributed by atoms with Crippen LogP contribution in [0.4, 0.5) is 0 Å². The Morgan fingerprint density at radius 3 is 1.96 bits per heavy atom. The lowest BCUT2D eigenvalue weighted by molar-refractivity contribution is -0.226. The number of hydrogen-bond donors (Lipinski definition) is 0. The second kappa shape index (κ2) is 7.98. The van der Waals surface area contributed by atoms with Gasteiger partial charge in [0.05, 0.1) is 17.8 Å². The number of ether oxygens (including phenoxy) is 4. The highest BCUT2D eigenvalue weighted by atomic mass is 16.7. The molecule has 26 heavy (non-hydrogen) atoms. The van der Waals surface area contributed by atoms with Gasteiger partial charge in [-0.25, -0.2) is 0 Å². The monoisotopic (exact) mass is 364 g/mol. The first-order chi connectivity index (χ1) is 12.2. The van der Waals surface area contributed by atoms with Gasteiger partial charge in [-0.2, -0.15) is 0 Å². The summed E-state index contributed by atoms with van der Waals surface area (Å²) >= 11 is 0. The summed E-state index contributed by atoms with van der Waals surface area (Å²) in [6.07, 6.45) is -0.597. The smallest absolute Gasteiger partial charge is 0.326 e. The molecule has 6 nitrogen and oxygen atoms in total. The van der Waals surface area contributed by atoms with E-state index >= 15 is 0 Å². The third kappa shape index (κ3) is 3.94. The fourth-order valence-corrected chi connectivity index (χ4v) is 2.90. The summed E-state index contributed by atoms with van der Waals surface area (Å²) < 4.78 is 22.5. The molecule has 0 saturated carbocycles. The van der Waals surface area contributed by atoms with Crippen LogP contribution >= 0.6 is 0 Å². The van der Waals surface area contributed by atoms with Crippen molar-refractivity contribution in [1.29, 1.82) is 0 Å². The molecule has 0 radical (unpaired) electrons. The van der Waals surface area contributed by atoms with Crippen LogP contribution in [0.25, 0.3) is 0 Å². The quantitative estimate of drug-likeness (QED) is 0.534. The van der Waals surface area contributed by atoms with Gasteiger partial charge < -0.3 is 18.9 Å². The summed E-state index contributed by atoms with van der Waals surface area (Å²) in [6, 6.07) is 5.19. The largest absolute Gasteiger partial charge is 0.491 e. The Morgan fingerprint density at radius 2 is 1.50 bits per heavy atom. The number of cyclic esters (lactones) is 2. The molecule has 1 aromatic carbocycles. The maximum absolute atomic E-state index is 12.6. The van der Waals surface area contributed by atoms with Crippen LogP contribution in [0.2, 0.25) is 0 Å². The SMILES string of the molecule is CCC1(CC)C(=O)OC(c2cc(OC(C)C)ccc2OC(C)C)OC1=O. The lowest BCUT2D eigenvalue weighted by Crippen LogP contribution is -2.46. The standard InChI is InChI=1S/C20H28O6/c1-7-20(8-2)18(21)25-17(26-19(20)22)15-11-14(23-12(3)4)9-10-16(15)24-13(5)6/h9-13,17H,7-8H2,1-6H3. The first-order valence-corrected chi connectivity index (χ1v) is 9.12. The van der Waals surface area contributed by atoms with Gasteiger partial charge in [-0.05, 0) is 58.7 Å². The minimum Gasteiger partial charge on any atom is -0.491 e. The van der Waals surface area contributed by atoms with Crippen molar-refractivity contribution in [3.05, 3.63) is 23.8 Å². The highest BCUT2D eigenvalue weighted by molar-refractivity contribution is 6.01.